The van der Waals surface area contributed by atoms with Gasteiger partial charge in [0, 0.05) is 19.7 Å². The van der Waals surface area contributed by atoms with E-state index < -0.39 is 11.8 Å². The van der Waals surface area contributed by atoms with Crippen molar-refractivity contribution in [3.8, 4) is 0 Å². The predicted octanol–water partition coefficient (Wildman–Crippen LogP) is 3.68. The van der Waals surface area contributed by atoms with E-state index in [2.05, 4.69) is 22.9 Å². The summed E-state index contributed by atoms with van der Waals surface area (Å²) in [5.41, 5.74) is 0.365. The van der Waals surface area contributed by atoms with Crippen molar-refractivity contribution in [2.24, 2.45) is 0 Å². The molecule has 1 saturated heterocycles. The van der Waals surface area contributed by atoms with E-state index in [1.54, 1.807) is 0 Å². The molecule has 1 heterocycles. The highest BCUT2D eigenvalue weighted by Gasteiger charge is 2.25. The van der Waals surface area contributed by atoms with Crippen molar-refractivity contribution in [2.45, 2.75) is 32.3 Å². The molecule has 1 aromatic carbocycles. The van der Waals surface area contributed by atoms with Gasteiger partial charge in [-0.1, -0.05) is 6.92 Å². The molecule has 6 heteroatoms. The number of carboxylic acid groups (broad SMARTS) is 1. The third-order valence-corrected chi connectivity index (χ3v) is 4.34. The summed E-state index contributed by atoms with van der Waals surface area (Å²) in [6.07, 6.45) is 2.98. The maximum Gasteiger partial charge on any atom is 0.336 e. The summed E-state index contributed by atoms with van der Waals surface area (Å²) >= 11 is 3.04. The van der Waals surface area contributed by atoms with E-state index in [4.69, 9.17) is 9.84 Å². The van der Waals surface area contributed by atoms with E-state index in [0.717, 1.165) is 25.8 Å². The van der Waals surface area contributed by atoms with Gasteiger partial charge in [-0.25, -0.2) is 9.18 Å². The van der Waals surface area contributed by atoms with Crippen LogP contribution < -0.4 is 4.90 Å². The number of rotatable bonds is 5. The number of carboxylic acids is 1. The van der Waals surface area contributed by atoms with Gasteiger partial charge in [-0.3, -0.25) is 0 Å². The van der Waals surface area contributed by atoms with Crippen LogP contribution in [0.25, 0.3) is 0 Å². The molecule has 0 aliphatic carbocycles. The number of benzene rings is 1. The van der Waals surface area contributed by atoms with Gasteiger partial charge in [0.05, 0.1) is 21.8 Å². The average Bonchev–Trinajstić information content (AvgIpc) is 2.47. The SMILES string of the molecule is CCCOC1CCCN(c2ccc(C(=O)O)c(Br)c2F)C1. The quantitative estimate of drug-likeness (QED) is 0.870. The highest BCUT2D eigenvalue weighted by Crippen LogP contribution is 2.31. The number of nitrogens with zero attached hydrogens (tertiary/aromatic N) is 1. The third-order valence-electron chi connectivity index (χ3n) is 3.57. The summed E-state index contributed by atoms with van der Waals surface area (Å²) in [7, 11) is 0. The lowest BCUT2D eigenvalue weighted by atomic mass is 10.1. The van der Waals surface area contributed by atoms with Gasteiger partial charge in [0.1, 0.15) is 0 Å². The zero-order valence-electron chi connectivity index (χ0n) is 11.9. The second kappa shape index (κ2) is 7.22. The van der Waals surface area contributed by atoms with Crippen molar-refractivity contribution in [2.75, 3.05) is 24.6 Å². The number of aromatic carboxylic acids is 1. The van der Waals surface area contributed by atoms with Crippen LogP contribution in [-0.2, 0) is 4.74 Å². The molecule has 0 bridgehead atoms. The minimum absolute atomic E-state index is 0.00380. The molecule has 1 unspecified atom stereocenters. The average molecular weight is 360 g/mol. The Morgan fingerprint density at radius 2 is 2.33 bits per heavy atom. The van der Waals surface area contributed by atoms with E-state index in [1.807, 2.05) is 4.90 Å². The van der Waals surface area contributed by atoms with E-state index >= 15 is 0 Å². The van der Waals surface area contributed by atoms with Crippen LogP contribution in [0.3, 0.4) is 0 Å². The molecule has 4 nitrogen and oxygen atoms in total. The van der Waals surface area contributed by atoms with Gasteiger partial charge in [-0.2, -0.15) is 0 Å². The van der Waals surface area contributed by atoms with Crippen LogP contribution in [0, 0.1) is 5.82 Å². The van der Waals surface area contributed by atoms with Crippen molar-refractivity contribution in [1.82, 2.24) is 0 Å². The van der Waals surface area contributed by atoms with Crippen LogP contribution in [0.15, 0.2) is 16.6 Å². The van der Waals surface area contributed by atoms with Crippen molar-refractivity contribution < 1.29 is 19.0 Å². The summed E-state index contributed by atoms with van der Waals surface area (Å²) < 4.78 is 20.1. The summed E-state index contributed by atoms with van der Waals surface area (Å²) in [5, 5.41) is 9.00. The molecule has 0 radical (unpaired) electrons. The van der Waals surface area contributed by atoms with Crippen molar-refractivity contribution in [3.63, 3.8) is 0 Å². The number of piperidine rings is 1. The second-order valence-corrected chi connectivity index (χ2v) is 5.94. The zero-order chi connectivity index (χ0) is 15.4. The maximum absolute atomic E-state index is 14.4. The molecule has 1 fully saturated rings. The molecule has 1 N–H and O–H groups in total. The first-order valence-corrected chi connectivity index (χ1v) is 7.91. The van der Waals surface area contributed by atoms with Gasteiger partial charge in [-0.15, -0.1) is 0 Å². The van der Waals surface area contributed by atoms with Crippen molar-refractivity contribution >= 4 is 27.6 Å². The lowest BCUT2D eigenvalue weighted by Crippen LogP contribution is -2.40. The van der Waals surface area contributed by atoms with E-state index in [-0.39, 0.29) is 16.1 Å². The zero-order valence-corrected chi connectivity index (χ0v) is 13.5. The third kappa shape index (κ3) is 3.74. The number of ether oxygens (including phenoxy) is 1. The summed E-state index contributed by atoms with van der Waals surface area (Å²) in [6, 6.07) is 2.97. The molecule has 1 atom stereocenters. The van der Waals surface area contributed by atoms with Crippen LogP contribution in [0.1, 0.15) is 36.5 Å². The fourth-order valence-electron chi connectivity index (χ4n) is 2.53. The van der Waals surface area contributed by atoms with Crippen LogP contribution in [0.4, 0.5) is 10.1 Å². The molecule has 0 amide bonds. The minimum Gasteiger partial charge on any atom is -0.478 e. The maximum atomic E-state index is 14.4. The molecule has 1 aliphatic rings. The Hall–Kier alpha value is -1.14. The molecular formula is C15H19BrFNO3. The minimum atomic E-state index is -1.14. The Balaban J connectivity index is 2.18. The van der Waals surface area contributed by atoms with Crippen LogP contribution in [0.2, 0.25) is 0 Å². The molecule has 116 valence electrons. The fraction of sp³-hybridized carbons (Fsp3) is 0.533. The Morgan fingerprint density at radius 1 is 1.57 bits per heavy atom. The number of hydrogen-bond donors (Lipinski definition) is 1. The Morgan fingerprint density at radius 3 is 3.00 bits per heavy atom. The normalized spacial score (nSPS) is 18.8. The van der Waals surface area contributed by atoms with Crippen LogP contribution >= 0.6 is 15.9 Å². The van der Waals surface area contributed by atoms with E-state index in [1.165, 1.54) is 12.1 Å². The van der Waals surface area contributed by atoms with Crippen LogP contribution in [0.5, 0.6) is 0 Å². The van der Waals surface area contributed by atoms with Gasteiger partial charge < -0.3 is 14.7 Å². The number of anilines is 1. The van der Waals surface area contributed by atoms with Crippen molar-refractivity contribution in [1.29, 1.82) is 0 Å². The van der Waals surface area contributed by atoms with E-state index in [9.17, 15) is 9.18 Å². The van der Waals surface area contributed by atoms with Gasteiger partial charge in [0.25, 0.3) is 0 Å². The summed E-state index contributed by atoms with van der Waals surface area (Å²) in [5.74, 6) is -1.67. The standard InChI is InChI=1S/C15H19BrFNO3/c1-2-8-21-10-4-3-7-18(9-10)12-6-5-11(15(19)20)13(16)14(12)17/h5-6,10H,2-4,7-9H2,1H3,(H,19,20). The van der Waals surface area contributed by atoms with E-state index in [0.29, 0.717) is 18.8 Å². The predicted molar refractivity (Wildman–Crippen MR) is 82.5 cm³/mol. The molecule has 1 aliphatic heterocycles. The second-order valence-electron chi connectivity index (χ2n) is 5.15. The molecule has 21 heavy (non-hydrogen) atoms. The molecule has 0 saturated carbocycles. The Kier molecular flexibility index (Phi) is 5.58. The summed E-state index contributed by atoms with van der Waals surface area (Å²) in [4.78, 5) is 12.9. The highest BCUT2D eigenvalue weighted by molar-refractivity contribution is 9.10. The molecule has 2 rings (SSSR count). The Bertz CT molecular complexity index is 524. The topological polar surface area (TPSA) is 49.8 Å². The largest absolute Gasteiger partial charge is 0.478 e. The van der Waals surface area contributed by atoms with Gasteiger partial charge >= 0.3 is 5.97 Å². The van der Waals surface area contributed by atoms with Crippen LogP contribution in [-0.4, -0.2) is 36.9 Å². The molecule has 0 spiro atoms. The first-order valence-electron chi connectivity index (χ1n) is 7.12. The number of hydrogen-bond acceptors (Lipinski definition) is 3. The van der Waals surface area contributed by atoms with Gasteiger partial charge in [0.2, 0.25) is 0 Å². The molecular weight excluding hydrogens is 341 g/mol. The number of carbonyl (C=O) groups is 1. The van der Waals surface area contributed by atoms with Crippen molar-refractivity contribution in [3.05, 3.63) is 28.0 Å². The first-order chi connectivity index (χ1) is 10.0. The van der Waals surface area contributed by atoms with Gasteiger partial charge in [0.15, 0.2) is 5.82 Å². The monoisotopic (exact) mass is 359 g/mol. The molecule has 0 aromatic heterocycles. The highest BCUT2D eigenvalue weighted by atomic mass is 79.9. The Labute approximate surface area is 132 Å². The fourth-order valence-corrected chi connectivity index (χ4v) is 3.03. The van der Waals surface area contributed by atoms with Gasteiger partial charge in [-0.05, 0) is 47.3 Å². The first kappa shape index (κ1) is 16.2. The molecule has 1 aromatic rings. The summed E-state index contributed by atoms with van der Waals surface area (Å²) in [6.45, 7) is 4.15. The lowest BCUT2D eigenvalue weighted by Gasteiger charge is -2.34. The lowest BCUT2D eigenvalue weighted by molar-refractivity contribution is 0.0439. The smallest absolute Gasteiger partial charge is 0.336 e. The number of halogens is 2.